The van der Waals surface area contributed by atoms with Crippen LogP contribution in [0.4, 0.5) is 0 Å². The molecule has 0 unspecified atom stereocenters. The molecule has 2 heteroatoms. The van der Waals surface area contributed by atoms with E-state index < -0.39 is 0 Å². The van der Waals surface area contributed by atoms with Crippen molar-refractivity contribution in [3.05, 3.63) is 0 Å². The maximum Gasteiger partial charge on any atom is 0.0574 e. The van der Waals surface area contributed by atoms with Gasteiger partial charge in [0.1, 0.15) is 0 Å². The first-order valence-electron chi connectivity index (χ1n) is 3.13. The zero-order valence-corrected chi connectivity index (χ0v) is 5.78. The Kier molecular flexibility index (Phi) is 7.05. The highest BCUT2D eigenvalue weighted by Gasteiger charge is 1.75. The molecular formula is C7H13NO. The normalized spacial score (nSPS) is 8.22. The van der Waals surface area contributed by atoms with Crippen LogP contribution in [0.2, 0.25) is 0 Å². The number of aliphatic hydroxyl groups is 1. The van der Waals surface area contributed by atoms with Gasteiger partial charge in [-0.25, -0.2) is 0 Å². The molecule has 0 aliphatic rings. The molecule has 0 fully saturated rings. The lowest BCUT2D eigenvalue weighted by Crippen LogP contribution is -2.04. The van der Waals surface area contributed by atoms with Crippen LogP contribution in [0, 0.1) is 11.8 Å². The molecule has 0 heterocycles. The maximum absolute atomic E-state index is 8.34. The summed E-state index contributed by atoms with van der Waals surface area (Å²) in [4.78, 5) is 0. The summed E-state index contributed by atoms with van der Waals surface area (Å²) in [6, 6.07) is 0. The third kappa shape index (κ3) is 7.48. The summed E-state index contributed by atoms with van der Waals surface area (Å²) in [6.45, 7) is 0.986. The molecule has 2 N–H and O–H groups in total. The average Bonchev–Trinajstić information content (AvgIpc) is 1.89. The maximum atomic E-state index is 8.34. The van der Waals surface area contributed by atoms with E-state index in [1.54, 1.807) is 0 Å². The SMILES string of the molecule is CNCC#CCCCO. The van der Waals surface area contributed by atoms with Gasteiger partial charge in [-0.1, -0.05) is 5.92 Å². The van der Waals surface area contributed by atoms with Crippen LogP contribution in [0.1, 0.15) is 12.8 Å². The standard InChI is InChI=1S/C7H13NO/c1-8-6-4-2-3-5-7-9/h8-9H,3,5-7H2,1H3. The van der Waals surface area contributed by atoms with Crippen LogP contribution in [-0.2, 0) is 0 Å². The van der Waals surface area contributed by atoms with Crippen LogP contribution in [0.25, 0.3) is 0 Å². The Morgan fingerprint density at radius 1 is 1.44 bits per heavy atom. The van der Waals surface area contributed by atoms with E-state index in [1.165, 1.54) is 0 Å². The van der Waals surface area contributed by atoms with Gasteiger partial charge in [0.25, 0.3) is 0 Å². The van der Waals surface area contributed by atoms with Crippen LogP contribution < -0.4 is 5.32 Å². The summed E-state index contributed by atoms with van der Waals surface area (Å²) < 4.78 is 0. The Morgan fingerprint density at radius 2 is 2.22 bits per heavy atom. The highest BCUT2D eigenvalue weighted by atomic mass is 16.2. The van der Waals surface area contributed by atoms with Gasteiger partial charge in [0.2, 0.25) is 0 Å². The zero-order chi connectivity index (χ0) is 6.95. The van der Waals surface area contributed by atoms with Gasteiger partial charge in [-0.3, -0.25) is 0 Å². The highest BCUT2D eigenvalue weighted by molar-refractivity contribution is 5.00. The Hall–Kier alpha value is -0.520. The molecule has 0 radical (unpaired) electrons. The van der Waals surface area contributed by atoms with E-state index in [2.05, 4.69) is 17.2 Å². The van der Waals surface area contributed by atoms with Crippen molar-refractivity contribution in [1.82, 2.24) is 5.32 Å². The summed E-state index contributed by atoms with van der Waals surface area (Å²) in [6.07, 6.45) is 1.59. The molecule has 0 rings (SSSR count). The first-order valence-corrected chi connectivity index (χ1v) is 3.13. The molecule has 0 spiro atoms. The van der Waals surface area contributed by atoms with Crippen molar-refractivity contribution in [2.45, 2.75) is 12.8 Å². The Morgan fingerprint density at radius 3 is 2.78 bits per heavy atom. The summed E-state index contributed by atoms with van der Waals surface area (Å²) >= 11 is 0. The van der Waals surface area contributed by atoms with Crippen molar-refractivity contribution in [2.75, 3.05) is 20.2 Å². The fourth-order valence-electron chi connectivity index (χ4n) is 0.407. The summed E-state index contributed by atoms with van der Waals surface area (Å²) in [5, 5.41) is 11.2. The summed E-state index contributed by atoms with van der Waals surface area (Å²) in [5.41, 5.74) is 0. The minimum absolute atomic E-state index is 0.244. The molecule has 0 atom stereocenters. The van der Waals surface area contributed by atoms with Crippen LogP contribution in [0.15, 0.2) is 0 Å². The van der Waals surface area contributed by atoms with Gasteiger partial charge in [-0.05, 0) is 13.5 Å². The molecule has 52 valence electrons. The van der Waals surface area contributed by atoms with Crippen LogP contribution in [-0.4, -0.2) is 25.3 Å². The molecule has 0 amide bonds. The van der Waals surface area contributed by atoms with E-state index in [-0.39, 0.29) is 6.61 Å². The van der Waals surface area contributed by atoms with Gasteiger partial charge in [0.15, 0.2) is 0 Å². The van der Waals surface area contributed by atoms with E-state index in [4.69, 9.17) is 5.11 Å². The number of unbranched alkanes of at least 4 members (excludes halogenated alkanes) is 1. The summed E-state index contributed by atoms with van der Waals surface area (Å²) in [5.74, 6) is 5.81. The minimum Gasteiger partial charge on any atom is -0.396 e. The van der Waals surface area contributed by atoms with Crippen LogP contribution >= 0.6 is 0 Å². The van der Waals surface area contributed by atoms with Gasteiger partial charge >= 0.3 is 0 Å². The minimum atomic E-state index is 0.244. The largest absolute Gasteiger partial charge is 0.396 e. The van der Waals surface area contributed by atoms with Gasteiger partial charge in [-0.15, -0.1) is 5.92 Å². The van der Waals surface area contributed by atoms with Gasteiger partial charge in [0.05, 0.1) is 6.54 Å². The number of rotatable bonds is 3. The Balaban J connectivity index is 2.96. The molecule has 0 aromatic rings. The first-order chi connectivity index (χ1) is 4.41. The topological polar surface area (TPSA) is 32.3 Å². The van der Waals surface area contributed by atoms with E-state index in [1.807, 2.05) is 7.05 Å². The Bertz CT molecular complexity index is 101. The van der Waals surface area contributed by atoms with E-state index in [0.717, 1.165) is 19.4 Å². The molecule has 0 aromatic heterocycles. The van der Waals surface area contributed by atoms with Crippen molar-refractivity contribution < 1.29 is 5.11 Å². The molecule has 9 heavy (non-hydrogen) atoms. The average molecular weight is 127 g/mol. The van der Waals surface area contributed by atoms with Crippen molar-refractivity contribution in [1.29, 1.82) is 0 Å². The smallest absolute Gasteiger partial charge is 0.0574 e. The second-order valence-electron chi connectivity index (χ2n) is 1.71. The highest BCUT2D eigenvalue weighted by Crippen LogP contribution is 1.81. The van der Waals surface area contributed by atoms with Gasteiger partial charge < -0.3 is 10.4 Å². The van der Waals surface area contributed by atoms with Crippen molar-refractivity contribution in [3.8, 4) is 11.8 Å². The van der Waals surface area contributed by atoms with E-state index in [9.17, 15) is 0 Å². The second kappa shape index (κ2) is 7.48. The lowest BCUT2D eigenvalue weighted by atomic mass is 10.3. The number of hydrogen-bond donors (Lipinski definition) is 2. The molecular weight excluding hydrogens is 114 g/mol. The van der Waals surface area contributed by atoms with Gasteiger partial charge in [0, 0.05) is 13.0 Å². The van der Waals surface area contributed by atoms with Gasteiger partial charge in [-0.2, -0.15) is 0 Å². The third-order valence-corrected chi connectivity index (χ3v) is 0.850. The lowest BCUT2D eigenvalue weighted by molar-refractivity contribution is 0.290. The molecule has 0 saturated carbocycles. The molecule has 2 nitrogen and oxygen atoms in total. The predicted octanol–water partition coefficient (Wildman–Crippen LogP) is -0.0183. The second-order valence-corrected chi connectivity index (χ2v) is 1.71. The quantitative estimate of drug-likeness (QED) is 0.412. The third-order valence-electron chi connectivity index (χ3n) is 0.850. The van der Waals surface area contributed by atoms with E-state index >= 15 is 0 Å². The fraction of sp³-hybridized carbons (Fsp3) is 0.714. The number of nitrogens with one attached hydrogen (secondary N) is 1. The predicted molar refractivity (Wildman–Crippen MR) is 38.0 cm³/mol. The van der Waals surface area contributed by atoms with Crippen molar-refractivity contribution >= 4 is 0 Å². The Labute approximate surface area is 56.3 Å². The number of hydrogen-bond acceptors (Lipinski definition) is 2. The molecule has 0 saturated heterocycles. The lowest BCUT2D eigenvalue weighted by Gasteiger charge is -1.84. The molecule has 0 bridgehead atoms. The van der Waals surface area contributed by atoms with Crippen LogP contribution in [0.5, 0.6) is 0 Å². The fourth-order valence-corrected chi connectivity index (χ4v) is 0.407. The molecule has 0 aliphatic heterocycles. The molecule has 0 aliphatic carbocycles. The number of aliphatic hydroxyl groups excluding tert-OH is 1. The summed E-state index contributed by atoms with van der Waals surface area (Å²) in [7, 11) is 1.86. The monoisotopic (exact) mass is 127 g/mol. The first kappa shape index (κ1) is 8.48. The molecule has 0 aromatic carbocycles. The van der Waals surface area contributed by atoms with Crippen molar-refractivity contribution in [3.63, 3.8) is 0 Å². The zero-order valence-electron chi connectivity index (χ0n) is 5.78. The van der Waals surface area contributed by atoms with E-state index in [0.29, 0.717) is 0 Å². The van der Waals surface area contributed by atoms with Crippen LogP contribution in [0.3, 0.4) is 0 Å². The van der Waals surface area contributed by atoms with Crippen molar-refractivity contribution in [2.24, 2.45) is 0 Å².